The summed E-state index contributed by atoms with van der Waals surface area (Å²) in [6, 6.07) is 9.39. The van der Waals surface area contributed by atoms with Crippen LogP contribution in [0.4, 0.5) is 0 Å². The van der Waals surface area contributed by atoms with Gasteiger partial charge in [0.25, 0.3) is 0 Å². The average molecular weight is 308 g/mol. The molecule has 1 saturated heterocycles. The summed E-state index contributed by atoms with van der Waals surface area (Å²) in [5.41, 5.74) is 0.904. The lowest BCUT2D eigenvalue weighted by Gasteiger charge is -2.16. The van der Waals surface area contributed by atoms with Gasteiger partial charge in [-0.25, -0.2) is 0 Å². The Kier molecular flexibility index (Phi) is 5.94. The van der Waals surface area contributed by atoms with Crippen LogP contribution in [0.25, 0.3) is 0 Å². The maximum atomic E-state index is 11.9. The minimum atomic E-state index is -1.05. The van der Waals surface area contributed by atoms with Crippen LogP contribution < -0.4 is 0 Å². The molecule has 0 saturated carbocycles. The minimum absolute atomic E-state index is 0.0559. The van der Waals surface area contributed by atoms with Gasteiger partial charge in [-0.05, 0) is 17.9 Å². The average Bonchev–Trinajstić information content (AvgIpc) is 2.74. The molecular formula is C17H24O5. The molecule has 1 unspecified atom stereocenters. The third kappa shape index (κ3) is 4.53. The molecule has 0 amide bonds. The molecule has 2 N–H and O–H groups in total. The molecule has 122 valence electrons. The number of benzene rings is 1. The van der Waals surface area contributed by atoms with E-state index in [0.717, 1.165) is 5.56 Å². The van der Waals surface area contributed by atoms with E-state index in [1.807, 2.05) is 44.2 Å². The Morgan fingerprint density at radius 1 is 1.18 bits per heavy atom. The van der Waals surface area contributed by atoms with E-state index in [0.29, 0.717) is 12.3 Å². The number of carbonyl (C=O) groups is 1. The second-order valence-corrected chi connectivity index (χ2v) is 6.17. The Morgan fingerprint density at radius 2 is 1.82 bits per heavy atom. The van der Waals surface area contributed by atoms with Gasteiger partial charge >= 0.3 is 5.97 Å². The van der Waals surface area contributed by atoms with Gasteiger partial charge in [-0.3, -0.25) is 4.79 Å². The van der Waals surface area contributed by atoms with Crippen LogP contribution >= 0.6 is 0 Å². The molecule has 5 nitrogen and oxygen atoms in total. The molecule has 1 aliphatic rings. The third-order valence-corrected chi connectivity index (χ3v) is 3.78. The number of ether oxygens (including phenoxy) is 2. The van der Waals surface area contributed by atoms with Crippen LogP contribution in [0, 0.1) is 5.92 Å². The molecule has 1 heterocycles. The van der Waals surface area contributed by atoms with Gasteiger partial charge in [0.1, 0.15) is 18.8 Å². The molecule has 1 aromatic rings. The highest BCUT2D eigenvalue weighted by Crippen LogP contribution is 2.28. The number of hydrogen-bond donors (Lipinski definition) is 2. The molecule has 1 fully saturated rings. The second kappa shape index (κ2) is 7.72. The van der Waals surface area contributed by atoms with Crippen molar-refractivity contribution in [3.63, 3.8) is 0 Å². The molecule has 22 heavy (non-hydrogen) atoms. The Bertz CT molecular complexity index is 473. The highest BCUT2D eigenvalue weighted by Gasteiger charge is 2.43. The van der Waals surface area contributed by atoms with Gasteiger partial charge in [0.15, 0.2) is 0 Å². The monoisotopic (exact) mass is 308 g/mol. The summed E-state index contributed by atoms with van der Waals surface area (Å²) in [5, 5.41) is 20.0. The van der Waals surface area contributed by atoms with Crippen LogP contribution in [-0.2, 0) is 20.9 Å². The molecule has 2 rings (SSSR count). The van der Waals surface area contributed by atoms with Gasteiger partial charge in [-0.1, -0.05) is 44.2 Å². The fourth-order valence-corrected chi connectivity index (χ4v) is 2.62. The largest absolute Gasteiger partial charge is 0.461 e. The summed E-state index contributed by atoms with van der Waals surface area (Å²) in [5.74, 6) is -0.0964. The fourth-order valence-electron chi connectivity index (χ4n) is 2.62. The smallest absolute Gasteiger partial charge is 0.308 e. The van der Waals surface area contributed by atoms with Crippen LogP contribution in [0.15, 0.2) is 30.3 Å². The van der Waals surface area contributed by atoms with Gasteiger partial charge in [-0.15, -0.1) is 0 Å². The quantitative estimate of drug-likeness (QED) is 0.782. The fraction of sp³-hybridized carbons (Fsp3) is 0.588. The van der Waals surface area contributed by atoms with Crippen molar-refractivity contribution >= 4 is 5.97 Å². The van der Waals surface area contributed by atoms with Gasteiger partial charge in [0.2, 0.25) is 0 Å². The standard InChI is InChI=1S/C17H24O5/c1-11(2)8-13-16(19)17(20)14(22-13)9-15(18)21-10-12-6-4-3-5-7-12/h3-7,11,13-14,16-17,19-20H,8-10H2,1-2H3/t13?,14-,16+,17-/m1/s1. The second-order valence-electron chi connectivity index (χ2n) is 6.17. The molecule has 0 spiro atoms. The van der Waals surface area contributed by atoms with Crippen LogP contribution in [0.3, 0.4) is 0 Å². The van der Waals surface area contributed by atoms with Gasteiger partial charge in [0, 0.05) is 0 Å². The zero-order valence-electron chi connectivity index (χ0n) is 13.0. The van der Waals surface area contributed by atoms with Crippen molar-refractivity contribution in [3.8, 4) is 0 Å². The normalized spacial score (nSPS) is 28.0. The number of aliphatic hydroxyl groups excluding tert-OH is 2. The van der Waals surface area contributed by atoms with E-state index in [-0.39, 0.29) is 13.0 Å². The summed E-state index contributed by atoms with van der Waals surface area (Å²) in [7, 11) is 0. The van der Waals surface area contributed by atoms with E-state index < -0.39 is 30.4 Å². The summed E-state index contributed by atoms with van der Waals surface area (Å²) < 4.78 is 10.8. The maximum Gasteiger partial charge on any atom is 0.308 e. The number of esters is 1. The first-order valence-electron chi connectivity index (χ1n) is 7.68. The molecular weight excluding hydrogens is 284 g/mol. The van der Waals surface area contributed by atoms with Gasteiger partial charge in [-0.2, -0.15) is 0 Å². The Morgan fingerprint density at radius 3 is 2.45 bits per heavy atom. The van der Waals surface area contributed by atoms with Crippen molar-refractivity contribution in [2.45, 2.75) is 57.7 Å². The first-order chi connectivity index (χ1) is 10.5. The predicted molar refractivity (Wildman–Crippen MR) is 81.0 cm³/mol. The first kappa shape index (κ1) is 16.9. The minimum Gasteiger partial charge on any atom is -0.461 e. The highest BCUT2D eigenvalue weighted by atomic mass is 16.6. The lowest BCUT2D eigenvalue weighted by atomic mass is 9.99. The van der Waals surface area contributed by atoms with Crippen LogP contribution in [0.1, 0.15) is 32.3 Å². The van der Waals surface area contributed by atoms with Crippen molar-refractivity contribution in [3.05, 3.63) is 35.9 Å². The molecule has 0 radical (unpaired) electrons. The summed E-state index contributed by atoms with van der Waals surface area (Å²) in [6.45, 7) is 4.23. The van der Waals surface area contributed by atoms with Crippen molar-refractivity contribution in [2.75, 3.05) is 0 Å². The molecule has 5 heteroatoms. The Labute approximate surface area is 130 Å². The van der Waals surface area contributed by atoms with Crippen molar-refractivity contribution in [1.82, 2.24) is 0 Å². The molecule has 1 aromatic carbocycles. The summed E-state index contributed by atoms with van der Waals surface area (Å²) >= 11 is 0. The van der Waals surface area contributed by atoms with Crippen molar-refractivity contribution in [2.24, 2.45) is 5.92 Å². The van der Waals surface area contributed by atoms with E-state index in [1.54, 1.807) is 0 Å². The number of carbonyl (C=O) groups excluding carboxylic acids is 1. The number of aliphatic hydroxyl groups is 2. The van der Waals surface area contributed by atoms with Crippen molar-refractivity contribution in [1.29, 1.82) is 0 Å². The summed E-state index contributed by atoms with van der Waals surface area (Å²) in [4.78, 5) is 11.9. The third-order valence-electron chi connectivity index (χ3n) is 3.78. The highest BCUT2D eigenvalue weighted by molar-refractivity contribution is 5.70. The summed E-state index contributed by atoms with van der Waals surface area (Å²) in [6.07, 6.45) is -2.54. The van der Waals surface area contributed by atoms with E-state index in [4.69, 9.17) is 9.47 Å². The molecule has 0 aliphatic carbocycles. The van der Waals surface area contributed by atoms with E-state index in [2.05, 4.69) is 0 Å². The molecule has 0 aromatic heterocycles. The lowest BCUT2D eigenvalue weighted by molar-refractivity contribution is -0.149. The van der Waals surface area contributed by atoms with E-state index >= 15 is 0 Å². The van der Waals surface area contributed by atoms with Crippen LogP contribution in [0.2, 0.25) is 0 Å². The zero-order chi connectivity index (χ0) is 16.1. The predicted octanol–water partition coefficient (Wildman–Crippen LogP) is 1.66. The van der Waals surface area contributed by atoms with Crippen molar-refractivity contribution < 1.29 is 24.5 Å². The maximum absolute atomic E-state index is 11.9. The Balaban J connectivity index is 1.81. The molecule has 1 aliphatic heterocycles. The SMILES string of the molecule is CC(C)CC1O[C@H](CC(=O)OCc2ccccc2)[C@@H](O)[C@H]1O. The number of hydrogen-bond acceptors (Lipinski definition) is 5. The van der Waals surface area contributed by atoms with E-state index in [1.165, 1.54) is 0 Å². The van der Waals surface area contributed by atoms with Gasteiger partial charge < -0.3 is 19.7 Å². The van der Waals surface area contributed by atoms with Crippen LogP contribution in [-0.4, -0.2) is 40.6 Å². The topological polar surface area (TPSA) is 76.0 Å². The lowest BCUT2D eigenvalue weighted by Crippen LogP contribution is -2.34. The first-order valence-corrected chi connectivity index (χ1v) is 7.68. The number of rotatable bonds is 6. The van der Waals surface area contributed by atoms with Crippen LogP contribution in [0.5, 0.6) is 0 Å². The molecule has 4 atom stereocenters. The molecule has 0 bridgehead atoms. The Hall–Kier alpha value is -1.43. The van der Waals surface area contributed by atoms with Gasteiger partial charge in [0.05, 0.1) is 18.6 Å². The zero-order valence-corrected chi connectivity index (χ0v) is 13.0. The van der Waals surface area contributed by atoms with E-state index in [9.17, 15) is 15.0 Å².